The van der Waals surface area contributed by atoms with Crippen LogP contribution in [0.1, 0.15) is 25.7 Å². The summed E-state index contributed by atoms with van der Waals surface area (Å²) in [5.74, 6) is 0.819. The van der Waals surface area contributed by atoms with Crippen LogP contribution in [0.2, 0.25) is 0 Å². The number of hydrogen-bond acceptors (Lipinski definition) is 4. The zero-order valence-electron chi connectivity index (χ0n) is 8.91. The number of aliphatic hydroxyl groups is 1. The third-order valence-corrected chi connectivity index (χ3v) is 5.75. The third-order valence-electron chi connectivity index (χ3n) is 3.64. The van der Waals surface area contributed by atoms with Crippen molar-refractivity contribution in [3.63, 3.8) is 0 Å². The Balaban J connectivity index is 1.78. The van der Waals surface area contributed by atoms with E-state index in [0.29, 0.717) is 24.1 Å². The third kappa shape index (κ3) is 2.52. The second kappa shape index (κ2) is 4.03. The first kappa shape index (κ1) is 11.4. The quantitative estimate of drug-likeness (QED) is 0.716. The summed E-state index contributed by atoms with van der Waals surface area (Å²) in [4.78, 5) is 0. The highest BCUT2D eigenvalue weighted by atomic mass is 32.2. The molecule has 0 unspecified atom stereocenters. The molecule has 0 amide bonds. The molecule has 2 rings (SSSR count). The molecule has 1 heterocycles. The summed E-state index contributed by atoms with van der Waals surface area (Å²) in [5, 5.41) is 12.0. The van der Waals surface area contributed by atoms with E-state index in [1.165, 1.54) is 0 Å². The average molecular weight is 233 g/mol. The lowest BCUT2D eigenvalue weighted by Crippen LogP contribution is -2.52. The second-order valence-electron chi connectivity index (χ2n) is 4.98. The highest BCUT2D eigenvalue weighted by Crippen LogP contribution is 2.45. The maximum absolute atomic E-state index is 11.2. The minimum absolute atomic E-state index is 0.121. The molecule has 0 aromatic rings. The smallest absolute Gasteiger partial charge is 0.151 e. The molecule has 2 aliphatic rings. The van der Waals surface area contributed by atoms with Crippen LogP contribution in [0.5, 0.6) is 0 Å². The van der Waals surface area contributed by atoms with Gasteiger partial charge >= 0.3 is 0 Å². The fourth-order valence-electron chi connectivity index (χ4n) is 2.88. The Morgan fingerprint density at radius 2 is 1.87 bits per heavy atom. The van der Waals surface area contributed by atoms with Gasteiger partial charge in [-0.15, -0.1) is 0 Å². The molecule has 2 N–H and O–H groups in total. The van der Waals surface area contributed by atoms with Crippen molar-refractivity contribution < 1.29 is 13.5 Å². The van der Waals surface area contributed by atoms with Crippen LogP contribution in [-0.4, -0.2) is 44.2 Å². The summed E-state index contributed by atoms with van der Waals surface area (Å²) in [6.45, 7) is 0.825. The molecule has 1 saturated carbocycles. The molecule has 0 atom stereocenters. The van der Waals surface area contributed by atoms with Crippen molar-refractivity contribution in [2.45, 2.75) is 31.7 Å². The highest BCUT2D eigenvalue weighted by molar-refractivity contribution is 7.92. The molecule has 1 spiro atoms. The van der Waals surface area contributed by atoms with E-state index in [1.54, 1.807) is 0 Å². The molecule has 4 nitrogen and oxygen atoms in total. The van der Waals surface area contributed by atoms with E-state index in [1.807, 2.05) is 0 Å². The molecule has 1 saturated heterocycles. The van der Waals surface area contributed by atoms with Crippen molar-refractivity contribution in [2.75, 3.05) is 24.7 Å². The van der Waals surface area contributed by atoms with E-state index >= 15 is 0 Å². The molecular weight excluding hydrogens is 214 g/mol. The second-order valence-corrected chi connectivity index (χ2v) is 7.05. The van der Waals surface area contributed by atoms with Crippen molar-refractivity contribution >= 4 is 9.84 Å². The van der Waals surface area contributed by atoms with Gasteiger partial charge in [0.05, 0.1) is 18.1 Å². The first-order chi connectivity index (χ1) is 7.05. The summed E-state index contributed by atoms with van der Waals surface area (Å²) in [6.07, 6.45) is 4.15. The molecule has 88 valence electrons. The first-order valence-corrected chi connectivity index (χ1v) is 7.42. The van der Waals surface area contributed by atoms with Crippen LogP contribution >= 0.6 is 0 Å². The van der Waals surface area contributed by atoms with Crippen molar-refractivity contribution in [1.29, 1.82) is 0 Å². The summed E-state index contributed by atoms with van der Waals surface area (Å²) >= 11 is 0. The fraction of sp³-hybridized carbons (Fsp3) is 1.00. The predicted molar refractivity (Wildman–Crippen MR) is 58.4 cm³/mol. The van der Waals surface area contributed by atoms with Crippen molar-refractivity contribution in [2.24, 2.45) is 5.41 Å². The van der Waals surface area contributed by atoms with Gasteiger partial charge in [-0.25, -0.2) is 8.42 Å². The lowest BCUT2D eigenvalue weighted by atomic mass is 9.74. The van der Waals surface area contributed by atoms with E-state index in [-0.39, 0.29) is 12.0 Å². The molecule has 1 aliphatic heterocycles. The van der Waals surface area contributed by atoms with Crippen molar-refractivity contribution in [3.05, 3.63) is 0 Å². The van der Waals surface area contributed by atoms with Crippen molar-refractivity contribution in [1.82, 2.24) is 5.32 Å². The molecule has 0 radical (unpaired) electrons. The maximum Gasteiger partial charge on any atom is 0.151 e. The zero-order chi connectivity index (χ0) is 10.9. The first-order valence-electron chi connectivity index (χ1n) is 5.60. The van der Waals surface area contributed by atoms with E-state index < -0.39 is 9.84 Å². The number of aliphatic hydroxyl groups excluding tert-OH is 1. The number of rotatable bonds is 3. The van der Waals surface area contributed by atoms with Gasteiger partial charge in [0.15, 0.2) is 9.84 Å². The molecule has 2 fully saturated rings. The van der Waals surface area contributed by atoms with Gasteiger partial charge in [-0.1, -0.05) is 0 Å². The maximum atomic E-state index is 11.2. The number of hydrogen-bond donors (Lipinski definition) is 2. The van der Waals surface area contributed by atoms with Gasteiger partial charge in [0.2, 0.25) is 0 Å². The van der Waals surface area contributed by atoms with Crippen LogP contribution in [0.3, 0.4) is 0 Å². The highest BCUT2D eigenvalue weighted by Gasteiger charge is 2.49. The Labute approximate surface area is 91.0 Å². The average Bonchev–Trinajstić information content (AvgIpc) is 2.14. The summed E-state index contributed by atoms with van der Waals surface area (Å²) in [6, 6.07) is 0.478. The summed E-state index contributed by atoms with van der Waals surface area (Å²) < 4.78 is 22.3. The summed E-state index contributed by atoms with van der Waals surface area (Å²) in [5.41, 5.74) is 0.121. The largest absolute Gasteiger partial charge is 0.395 e. The lowest BCUT2D eigenvalue weighted by molar-refractivity contribution is 0.186. The fourth-order valence-corrected chi connectivity index (χ4v) is 5.24. The van der Waals surface area contributed by atoms with E-state index in [4.69, 9.17) is 5.11 Å². The predicted octanol–water partition coefficient (Wildman–Crippen LogP) is -0.0743. The van der Waals surface area contributed by atoms with Crippen LogP contribution in [0.15, 0.2) is 0 Å². The molecule has 1 aliphatic carbocycles. The van der Waals surface area contributed by atoms with Crippen molar-refractivity contribution in [3.8, 4) is 0 Å². The Bertz CT molecular complexity index is 304. The topological polar surface area (TPSA) is 66.4 Å². The molecule has 0 aromatic heterocycles. The van der Waals surface area contributed by atoms with E-state index in [0.717, 1.165) is 25.7 Å². The van der Waals surface area contributed by atoms with Gasteiger partial charge in [0.1, 0.15) is 0 Å². The van der Waals surface area contributed by atoms with Crippen LogP contribution in [0.4, 0.5) is 0 Å². The van der Waals surface area contributed by atoms with Gasteiger partial charge < -0.3 is 10.4 Å². The lowest BCUT2D eigenvalue weighted by Gasteiger charge is -2.46. The number of sulfone groups is 1. The Kier molecular flexibility index (Phi) is 3.05. The standard InChI is InChI=1S/C10H19NO3S/c12-6-5-11-9-1-3-10(4-2-9)7-15(13,14)8-10/h9,11-12H,1-8H2. The molecule has 0 bridgehead atoms. The van der Waals surface area contributed by atoms with Gasteiger partial charge in [-0.05, 0) is 31.1 Å². The van der Waals surface area contributed by atoms with E-state index in [2.05, 4.69) is 5.32 Å². The van der Waals surface area contributed by atoms with Crippen LogP contribution in [0.25, 0.3) is 0 Å². The van der Waals surface area contributed by atoms with Crippen LogP contribution in [0, 0.1) is 5.41 Å². The molecule has 0 aromatic carbocycles. The minimum Gasteiger partial charge on any atom is -0.395 e. The normalized spacial score (nSPS) is 28.9. The summed E-state index contributed by atoms with van der Waals surface area (Å²) in [7, 11) is -2.68. The monoisotopic (exact) mass is 233 g/mol. The zero-order valence-corrected chi connectivity index (χ0v) is 9.72. The molecular formula is C10H19NO3S. The number of nitrogens with one attached hydrogen (secondary N) is 1. The molecule has 15 heavy (non-hydrogen) atoms. The van der Waals surface area contributed by atoms with Crippen LogP contribution < -0.4 is 5.32 Å². The van der Waals surface area contributed by atoms with Gasteiger partial charge in [-0.2, -0.15) is 0 Å². The van der Waals surface area contributed by atoms with Gasteiger partial charge in [0.25, 0.3) is 0 Å². The van der Waals surface area contributed by atoms with E-state index in [9.17, 15) is 8.42 Å². The molecule has 5 heteroatoms. The Morgan fingerprint density at radius 1 is 1.27 bits per heavy atom. The van der Waals surface area contributed by atoms with Gasteiger partial charge in [-0.3, -0.25) is 0 Å². The SMILES string of the molecule is O=S1(=O)CC2(CCC(NCCO)CC2)C1. The Morgan fingerprint density at radius 3 is 2.33 bits per heavy atom. The van der Waals surface area contributed by atoms with Crippen LogP contribution in [-0.2, 0) is 9.84 Å². The van der Waals surface area contributed by atoms with Gasteiger partial charge in [0, 0.05) is 12.6 Å². The minimum atomic E-state index is -2.68. The Hall–Kier alpha value is -0.130.